The highest BCUT2D eigenvalue weighted by Gasteiger charge is 2.42. The molecule has 3 unspecified atom stereocenters. The zero-order valence-corrected chi connectivity index (χ0v) is 29.4. The van der Waals surface area contributed by atoms with Crippen molar-refractivity contribution in [3.63, 3.8) is 0 Å². The first kappa shape index (κ1) is 35.5. The molecule has 0 bridgehead atoms. The Bertz CT molecular complexity index is 1490. The molecule has 12 nitrogen and oxygen atoms in total. The number of fused-ring (bicyclic) bond motifs is 1. The second-order valence-corrected chi connectivity index (χ2v) is 14.4. The number of likely N-dealkylation sites (tertiary alicyclic amines) is 3. The molecule has 3 saturated heterocycles. The molecule has 4 heterocycles. The third-order valence-corrected chi connectivity index (χ3v) is 10.7. The first-order chi connectivity index (χ1) is 22.8. The normalized spacial score (nSPS) is 20.6. The Kier molecular flexibility index (Phi) is 11.2. The van der Waals surface area contributed by atoms with Crippen molar-refractivity contribution in [2.24, 2.45) is 23.7 Å². The van der Waals surface area contributed by atoms with Gasteiger partial charge in [-0.2, -0.15) is 0 Å². The molecule has 5 rings (SSSR count). The van der Waals surface area contributed by atoms with Crippen LogP contribution in [0, 0.1) is 44.4 Å². The minimum Gasteiger partial charge on any atom is -0.465 e. The minimum absolute atomic E-state index is 0.0179. The summed E-state index contributed by atoms with van der Waals surface area (Å²) in [7, 11) is 0. The van der Waals surface area contributed by atoms with Crippen LogP contribution in [0.15, 0.2) is 24.5 Å². The summed E-state index contributed by atoms with van der Waals surface area (Å²) >= 11 is 6.50. The maximum absolute atomic E-state index is 14.0. The fourth-order valence-electron chi connectivity index (χ4n) is 7.48. The van der Waals surface area contributed by atoms with Gasteiger partial charge in [0.2, 0.25) is 11.8 Å². The van der Waals surface area contributed by atoms with Gasteiger partial charge in [0.05, 0.1) is 17.0 Å². The fraction of sp³-hybridized carbons (Fsp3) is 0.600. The summed E-state index contributed by atoms with van der Waals surface area (Å²) in [6, 6.07) is 4.91. The molecule has 1 aromatic carbocycles. The van der Waals surface area contributed by atoms with E-state index in [-0.39, 0.29) is 29.6 Å². The van der Waals surface area contributed by atoms with Crippen molar-refractivity contribution in [3.8, 4) is 0 Å². The first-order valence-corrected chi connectivity index (χ1v) is 17.4. The van der Waals surface area contributed by atoms with E-state index in [1.165, 1.54) is 6.33 Å². The van der Waals surface area contributed by atoms with E-state index in [1.807, 2.05) is 62.6 Å². The van der Waals surface area contributed by atoms with Crippen LogP contribution in [0.1, 0.15) is 60.4 Å². The van der Waals surface area contributed by atoms with Crippen LogP contribution in [-0.4, -0.2) is 112 Å². The number of nitrogens with one attached hydrogen (secondary N) is 1. The molecule has 4 amide bonds. The van der Waals surface area contributed by atoms with E-state index < -0.39 is 12.1 Å². The molecule has 3 aliphatic rings. The Labute approximate surface area is 287 Å². The van der Waals surface area contributed by atoms with E-state index in [2.05, 4.69) is 20.2 Å². The van der Waals surface area contributed by atoms with Gasteiger partial charge in [-0.15, -0.1) is 0 Å². The van der Waals surface area contributed by atoms with Crippen LogP contribution in [-0.2, 0) is 9.59 Å². The molecule has 3 aliphatic heterocycles. The van der Waals surface area contributed by atoms with Gasteiger partial charge in [0.15, 0.2) is 0 Å². The van der Waals surface area contributed by atoms with Crippen LogP contribution in [0.25, 0.3) is 0 Å². The van der Waals surface area contributed by atoms with Crippen molar-refractivity contribution in [2.75, 3.05) is 57.3 Å². The molecule has 0 saturated carbocycles. The molecule has 48 heavy (non-hydrogen) atoms. The molecular formula is C35H48ClN7O5. The number of nitrogens with zero attached hydrogens (tertiary/aromatic N) is 6. The summed E-state index contributed by atoms with van der Waals surface area (Å²) in [4.78, 5) is 68.1. The van der Waals surface area contributed by atoms with Crippen molar-refractivity contribution < 1.29 is 24.3 Å². The van der Waals surface area contributed by atoms with Crippen LogP contribution < -0.4 is 10.2 Å². The third kappa shape index (κ3) is 7.92. The zero-order chi connectivity index (χ0) is 34.7. The number of anilines is 1. The molecule has 260 valence electrons. The van der Waals surface area contributed by atoms with Crippen LogP contribution in [0.5, 0.6) is 0 Å². The Balaban J connectivity index is 1.17. The van der Waals surface area contributed by atoms with Crippen molar-refractivity contribution in [1.29, 1.82) is 0 Å². The number of benzene rings is 1. The molecule has 2 N–H and O–H groups in total. The van der Waals surface area contributed by atoms with Gasteiger partial charge in [-0.05, 0) is 82.0 Å². The average molecular weight is 682 g/mol. The molecule has 1 aromatic heterocycles. The first-order valence-electron chi connectivity index (χ1n) is 17.0. The Morgan fingerprint density at radius 3 is 2.17 bits per heavy atom. The van der Waals surface area contributed by atoms with E-state index in [1.54, 1.807) is 4.90 Å². The lowest BCUT2D eigenvalue weighted by Gasteiger charge is -2.36. The third-order valence-electron chi connectivity index (χ3n) is 10.2. The quantitative estimate of drug-likeness (QED) is 0.384. The van der Waals surface area contributed by atoms with E-state index >= 15 is 0 Å². The largest absolute Gasteiger partial charge is 0.465 e. The Morgan fingerprint density at radius 2 is 1.60 bits per heavy atom. The summed E-state index contributed by atoms with van der Waals surface area (Å²) in [6.45, 7) is 14.7. The van der Waals surface area contributed by atoms with E-state index in [0.29, 0.717) is 66.3 Å². The SMILES string of the molecule is Cc1ccc(N(CCCN2CC3CN(C(=O)c4c(C)ncnc4C)CC3C2)C(=O)C2CCN(C(=O)C(NC(=O)O)C(C)C)CC2)cc1Cl. The van der Waals surface area contributed by atoms with Crippen molar-refractivity contribution in [3.05, 3.63) is 52.1 Å². The van der Waals surface area contributed by atoms with Gasteiger partial charge in [0.25, 0.3) is 5.91 Å². The number of carboxylic acid groups (broad SMARTS) is 1. The zero-order valence-electron chi connectivity index (χ0n) is 28.6. The number of hydrogen-bond donors (Lipinski definition) is 2. The highest BCUT2D eigenvalue weighted by molar-refractivity contribution is 6.31. The molecule has 3 fully saturated rings. The summed E-state index contributed by atoms with van der Waals surface area (Å²) in [6.07, 6.45) is 2.08. The fourth-order valence-corrected chi connectivity index (χ4v) is 7.65. The molecule has 0 radical (unpaired) electrons. The second-order valence-electron chi connectivity index (χ2n) is 14.0. The van der Waals surface area contributed by atoms with E-state index in [0.717, 1.165) is 50.4 Å². The molecule has 0 aliphatic carbocycles. The van der Waals surface area contributed by atoms with Crippen molar-refractivity contribution in [1.82, 2.24) is 30.0 Å². The van der Waals surface area contributed by atoms with Gasteiger partial charge >= 0.3 is 6.09 Å². The average Bonchev–Trinajstić information content (AvgIpc) is 3.62. The summed E-state index contributed by atoms with van der Waals surface area (Å²) in [5, 5.41) is 12.2. The predicted molar refractivity (Wildman–Crippen MR) is 183 cm³/mol. The van der Waals surface area contributed by atoms with Gasteiger partial charge in [-0.25, -0.2) is 14.8 Å². The highest BCUT2D eigenvalue weighted by atomic mass is 35.5. The topological polar surface area (TPSA) is 139 Å². The van der Waals surface area contributed by atoms with Crippen molar-refractivity contribution >= 4 is 41.1 Å². The Hall–Kier alpha value is -3.77. The number of carbonyl (C=O) groups excluding carboxylic acids is 3. The summed E-state index contributed by atoms with van der Waals surface area (Å²) in [5.74, 6) is 0.185. The molecule has 13 heteroatoms. The summed E-state index contributed by atoms with van der Waals surface area (Å²) in [5.41, 5.74) is 3.75. The van der Waals surface area contributed by atoms with Crippen LogP contribution >= 0.6 is 11.6 Å². The lowest BCUT2D eigenvalue weighted by molar-refractivity contribution is -0.137. The number of aromatic nitrogens is 2. The van der Waals surface area contributed by atoms with Gasteiger partial charge in [-0.1, -0.05) is 31.5 Å². The standard InChI is InChI=1S/C35H48ClN7O5/c1-21(2)31(39-35(47)48)34(46)41-13-9-25(10-14-41)32(44)43(28-8-7-22(3)29(36)15-28)12-6-11-40-16-26-18-42(19-27(26)17-40)33(45)30-23(4)37-20-38-24(30)5/h7-8,15,20-21,25-27,31,39H,6,9-14,16-19H2,1-5H3,(H,47,48). The predicted octanol–water partition coefficient (Wildman–Crippen LogP) is 4.01. The smallest absolute Gasteiger partial charge is 0.405 e. The number of rotatable bonds is 10. The molecule has 2 aromatic rings. The van der Waals surface area contributed by atoms with Gasteiger partial charge < -0.3 is 30.0 Å². The molecular weight excluding hydrogens is 634 g/mol. The van der Waals surface area contributed by atoms with E-state index in [9.17, 15) is 24.3 Å². The lowest BCUT2D eigenvalue weighted by atomic mass is 9.93. The maximum atomic E-state index is 14.0. The number of halogens is 1. The number of hydrogen-bond acceptors (Lipinski definition) is 7. The van der Waals surface area contributed by atoms with Gasteiger partial charge in [0.1, 0.15) is 12.4 Å². The van der Waals surface area contributed by atoms with Crippen LogP contribution in [0.2, 0.25) is 5.02 Å². The van der Waals surface area contributed by atoms with Crippen LogP contribution in [0.4, 0.5) is 10.5 Å². The second kappa shape index (κ2) is 15.2. The molecule has 0 spiro atoms. The number of aryl methyl sites for hydroxylation is 3. The maximum Gasteiger partial charge on any atom is 0.405 e. The lowest BCUT2D eigenvalue weighted by Crippen LogP contribution is -2.53. The highest BCUT2D eigenvalue weighted by Crippen LogP contribution is 2.33. The minimum atomic E-state index is -1.22. The number of carbonyl (C=O) groups is 4. The van der Waals surface area contributed by atoms with E-state index in [4.69, 9.17) is 11.6 Å². The van der Waals surface area contributed by atoms with Gasteiger partial charge in [-0.3, -0.25) is 14.4 Å². The monoisotopic (exact) mass is 681 g/mol. The van der Waals surface area contributed by atoms with Crippen molar-refractivity contribution in [2.45, 2.75) is 59.9 Å². The summed E-state index contributed by atoms with van der Waals surface area (Å²) < 4.78 is 0. The number of amides is 4. The van der Waals surface area contributed by atoms with Crippen LogP contribution in [0.3, 0.4) is 0 Å². The molecule has 3 atom stereocenters. The number of piperidine rings is 1. The Morgan fingerprint density at radius 1 is 0.979 bits per heavy atom. The van der Waals surface area contributed by atoms with Gasteiger partial charge in [0, 0.05) is 62.4 Å².